The summed E-state index contributed by atoms with van der Waals surface area (Å²) >= 11 is 0. The van der Waals surface area contributed by atoms with E-state index in [-0.39, 0.29) is 0 Å². The third kappa shape index (κ3) is 1.95. The van der Waals surface area contributed by atoms with Crippen molar-refractivity contribution in [3.63, 3.8) is 0 Å². The molecule has 1 aliphatic rings. The first-order valence-electron chi connectivity index (χ1n) is 3.20. The number of nitrogens with zero attached hydrogens (tertiary/aromatic N) is 4. The number of hydrogen-bond acceptors (Lipinski definition) is 8. The van der Waals surface area contributed by atoms with Crippen molar-refractivity contribution in [1.82, 2.24) is 5.32 Å². The predicted molar refractivity (Wildman–Crippen MR) is 38.5 cm³/mol. The van der Waals surface area contributed by atoms with E-state index in [0.29, 0.717) is 18.9 Å². The van der Waals surface area contributed by atoms with E-state index in [1.165, 1.54) is 0 Å². The minimum absolute atomic E-state index is 0.339. The highest BCUT2D eigenvalue weighted by atomic mass is 17.2. The van der Waals surface area contributed by atoms with E-state index in [2.05, 4.69) is 30.9 Å². The molecular formula is C4H7N5O3. The van der Waals surface area contributed by atoms with Gasteiger partial charge in [0, 0.05) is 6.54 Å². The maximum absolute atomic E-state index is 10.1. The largest absolute Gasteiger partial charge is 0.368 e. The van der Waals surface area contributed by atoms with Crippen LogP contribution in [0.3, 0.4) is 0 Å². The topological polar surface area (TPSA) is 108 Å². The van der Waals surface area contributed by atoms with Crippen LogP contribution in [-0.2, 0) is 4.99 Å². The van der Waals surface area contributed by atoms with Crippen LogP contribution in [0.2, 0.25) is 0 Å². The summed E-state index contributed by atoms with van der Waals surface area (Å²) in [5, 5.41) is 19.2. The molecule has 8 nitrogen and oxygen atoms in total. The van der Waals surface area contributed by atoms with Gasteiger partial charge in [-0.3, -0.25) is 4.99 Å². The second kappa shape index (κ2) is 4.34. The fourth-order valence-electron chi connectivity index (χ4n) is 0.781. The normalized spacial score (nSPS) is 18.6. The predicted octanol–water partition coefficient (Wildman–Crippen LogP) is -0.0626. The Hall–Kier alpha value is -1.57. The van der Waals surface area contributed by atoms with E-state index in [9.17, 15) is 4.91 Å². The van der Waals surface area contributed by atoms with Gasteiger partial charge < -0.3 is 5.32 Å². The summed E-state index contributed by atoms with van der Waals surface area (Å²) in [6.45, 7) is 1.23. The van der Waals surface area contributed by atoms with E-state index in [0.717, 1.165) is 0 Å². The molecule has 1 rings (SSSR count). The number of amidine groups is 1. The molecule has 12 heavy (non-hydrogen) atoms. The average molecular weight is 173 g/mol. The lowest BCUT2D eigenvalue weighted by atomic mass is 10.5. The van der Waals surface area contributed by atoms with Crippen molar-refractivity contribution in [2.45, 2.75) is 6.17 Å². The van der Waals surface area contributed by atoms with Crippen molar-refractivity contribution < 1.29 is 10.2 Å². The molecule has 8 heteroatoms. The monoisotopic (exact) mass is 173 g/mol. The van der Waals surface area contributed by atoms with Crippen molar-refractivity contribution in [2.75, 3.05) is 13.1 Å². The summed E-state index contributed by atoms with van der Waals surface area (Å²) in [6.07, 6.45) is -1.06. The SMILES string of the molecule is O=NC(N=NOO)C1=NCCN1. The summed E-state index contributed by atoms with van der Waals surface area (Å²) in [7, 11) is 0. The zero-order valence-corrected chi connectivity index (χ0v) is 6.04. The maximum Gasteiger partial charge on any atom is 0.261 e. The molecule has 0 bridgehead atoms. The van der Waals surface area contributed by atoms with Gasteiger partial charge >= 0.3 is 0 Å². The summed E-state index contributed by atoms with van der Waals surface area (Å²) < 4.78 is 0. The van der Waals surface area contributed by atoms with Crippen LogP contribution in [-0.4, -0.2) is 30.3 Å². The maximum atomic E-state index is 10.1. The first-order valence-corrected chi connectivity index (χ1v) is 3.20. The lowest BCUT2D eigenvalue weighted by Crippen LogP contribution is -2.28. The Kier molecular flexibility index (Phi) is 3.08. The minimum Gasteiger partial charge on any atom is -0.368 e. The van der Waals surface area contributed by atoms with Gasteiger partial charge in [0.05, 0.1) is 11.8 Å². The summed E-state index contributed by atoms with van der Waals surface area (Å²) in [5.74, 6) is 0.339. The lowest BCUT2D eigenvalue weighted by molar-refractivity contribution is -0.251. The molecule has 66 valence electrons. The smallest absolute Gasteiger partial charge is 0.261 e. The van der Waals surface area contributed by atoms with Gasteiger partial charge in [-0.15, -0.1) is 10.0 Å². The average Bonchev–Trinajstić information content (AvgIpc) is 2.59. The first kappa shape index (κ1) is 8.53. The number of nitroso groups, excluding NO2 is 1. The van der Waals surface area contributed by atoms with Crippen LogP contribution in [0.5, 0.6) is 0 Å². The summed E-state index contributed by atoms with van der Waals surface area (Å²) in [5.41, 5.74) is 0. The highest BCUT2D eigenvalue weighted by Crippen LogP contribution is 1.99. The fraction of sp³-hybridized carbons (Fsp3) is 0.750. The molecule has 0 aromatic carbocycles. The highest BCUT2D eigenvalue weighted by Gasteiger charge is 2.18. The molecule has 0 saturated carbocycles. The quantitative estimate of drug-likeness (QED) is 0.268. The Bertz CT molecular complexity index is 215. The molecule has 0 spiro atoms. The third-order valence-corrected chi connectivity index (χ3v) is 1.24. The highest BCUT2D eigenvalue weighted by molar-refractivity contribution is 5.88. The van der Waals surface area contributed by atoms with Gasteiger partial charge in [-0.1, -0.05) is 0 Å². The molecule has 1 aliphatic heterocycles. The molecular weight excluding hydrogens is 166 g/mol. The first-order chi connectivity index (χ1) is 5.88. The molecule has 0 aromatic heterocycles. The summed E-state index contributed by atoms with van der Waals surface area (Å²) in [4.78, 5) is 17.3. The van der Waals surface area contributed by atoms with Gasteiger partial charge in [0.1, 0.15) is 0 Å². The standard InChI is InChI=1S/C4H7N5O3/c10-8-4(7-9-12-11)3-5-1-2-6-3/h4,11H,1-2H2,(H,5,6). The summed E-state index contributed by atoms with van der Waals surface area (Å²) in [6, 6.07) is 0. The Labute approximate surface area is 67.2 Å². The number of aliphatic imine (C=N–C) groups is 1. The van der Waals surface area contributed by atoms with Crippen molar-refractivity contribution in [3.05, 3.63) is 4.91 Å². The van der Waals surface area contributed by atoms with Crippen LogP contribution in [0.15, 0.2) is 20.6 Å². The molecule has 0 fully saturated rings. The van der Waals surface area contributed by atoms with Gasteiger partial charge in [0.15, 0.2) is 5.84 Å². The van der Waals surface area contributed by atoms with Crippen LogP contribution < -0.4 is 5.32 Å². The number of nitrogens with one attached hydrogen (secondary N) is 1. The molecule has 1 atom stereocenters. The number of rotatable bonds is 4. The van der Waals surface area contributed by atoms with Crippen LogP contribution in [0.25, 0.3) is 0 Å². The zero-order chi connectivity index (χ0) is 8.81. The number of hydrogen-bond donors (Lipinski definition) is 2. The Morgan fingerprint density at radius 3 is 3.08 bits per heavy atom. The second-order valence-corrected chi connectivity index (χ2v) is 1.95. The van der Waals surface area contributed by atoms with Gasteiger partial charge in [-0.2, -0.15) is 5.26 Å². The Morgan fingerprint density at radius 2 is 2.58 bits per heavy atom. The van der Waals surface area contributed by atoms with Crippen molar-refractivity contribution in [1.29, 1.82) is 0 Å². The van der Waals surface area contributed by atoms with Crippen LogP contribution in [0, 0.1) is 4.91 Å². The molecule has 2 N–H and O–H groups in total. The molecule has 1 unspecified atom stereocenters. The fourth-order valence-corrected chi connectivity index (χ4v) is 0.781. The molecule has 0 aromatic rings. The zero-order valence-electron chi connectivity index (χ0n) is 6.04. The van der Waals surface area contributed by atoms with E-state index in [1.807, 2.05) is 0 Å². The second-order valence-electron chi connectivity index (χ2n) is 1.95. The van der Waals surface area contributed by atoms with Gasteiger partial charge in [-0.25, -0.2) is 4.99 Å². The van der Waals surface area contributed by atoms with Crippen molar-refractivity contribution in [2.24, 2.45) is 20.6 Å². The van der Waals surface area contributed by atoms with E-state index >= 15 is 0 Å². The minimum atomic E-state index is -1.06. The molecule has 0 saturated heterocycles. The van der Waals surface area contributed by atoms with Crippen molar-refractivity contribution >= 4 is 5.84 Å². The third-order valence-electron chi connectivity index (χ3n) is 1.24. The lowest BCUT2D eigenvalue weighted by Gasteiger charge is -2.00. The van der Waals surface area contributed by atoms with Gasteiger partial charge in [0.25, 0.3) is 6.17 Å². The van der Waals surface area contributed by atoms with E-state index in [4.69, 9.17) is 5.26 Å². The van der Waals surface area contributed by atoms with Crippen LogP contribution in [0.1, 0.15) is 0 Å². The Morgan fingerprint density at radius 1 is 1.75 bits per heavy atom. The van der Waals surface area contributed by atoms with Gasteiger partial charge in [-0.05, 0) is 5.18 Å². The molecule has 0 radical (unpaired) electrons. The van der Waals surface area contributed by atoms with Crippen LogP contribution >= 0.6 is 0 Å². The van der Waals surface area contributed by atoms with Crippen molar-refractivity contribution in [3.8, 4) is 0 Å². The van der Waals surface area contributed by atoms with E-state index in [1.54, 1.807) is 0 Å². The van der Waals surface area contributed by atoms with E-state index < -0.39 is 6.17 Å². The van der Waals surface area contributed by atoms with Gasteiger partial charge in [0.2, 0.25) is 0 Å². The van der Waals surface area contributed by atoms with Crippen LogP contribution in [0.4, 0.5) is 0 Å². The molecule has 1 heterocycles. The molecule has 0 aliphatic carbocycles. The Balaban J connectivity index is 2.54. The molecule has 0 amide bonds.